The van der Waals surface area contributed by atoms with Crippen molar-refractivity contribution in [1.82, 2.24) is 10.6 Å². The van der Waals surface area contributed by atoms with Crippen LogP contribution in [0.5, 0.6) is 0 Å². The van der Waals surface area contributed by atoms with E-state index in [2.05, 4.69) is 24.5 Å². The van der Waals surface area contributed by atoms with Crippen molar-refractivity contribution in [3.63, 3.8) is 0 Å². The van der Waals surface area contributed by atoms with Crippen molar-refractivity contribution in [1.29, 1.82) is 0 Å². The van der Waals surface area contributed by atoms with Gasteiger partial charge < -0.3 is 16.4 Å². The Morgan fingerprint density at radius 3 is 2.30 bits per heavy atom. The van der Waals surface area contributed by atoms with E-state index in [1.54, 1.807) is 6.92 Å². The van der Waals surface area contributed by atoms with Crippen LogP contribution in [-0.4, -0.2) is 24.4 Å². The van der Waals surface area contributed by atoms with Crippen LogP contribution in [0.4, 0.5) is 0 Å². The van der Waals surface area contributed by atoms with Gasteiger partial charge in [0.2, 0.25) is 5.91 Å². The van der Waals surface area contributed by atoms with Crippen molar-refractivity contribution < 1.29 is 9.59 Å². The molecule has 2 amide bonds. The Balaban J connectivity index is 2.18. The fourth-order valence-corrected chi connectivity index (χ4v) is 2.90. The number of hydrogen-bond acceptors (Lipinski definition) is 3. The van der Waals surface area contributed by atoms with Crippen LogP contribution in [0.25, 0.3) is 0 Å². The number of carbonyl (C=O) groups excluding carboxylic acids is 2. The lowest BCUT2D eigenvalue weighted by Gasteiger charge is -2.22. The van der Waals surface area contributed by atoms with E-state index >= 15 is 0 Å². The van der Waals surface area contributed by atoms with Gasteiger partial charge in [-0.25, -0.2) is 0 Å². The zero-order valence-corrected chi connectivity index (χ0v) is 16.5. The second-order valence-electron chi connectivity index (χ2n) is 7.22. The molecule has 5 heteroatoms. The molecule has 4 N–H and O–H groups in total. The molecule has 0 aromatic heterocycles. The lowest BCUT2D eigenvalue weighted by molar-refractivity contribution is -0.122. The molecule has 5 nitrogen and oxygen atoms in total. The lowest BCUT2D eigenvalue weighted by Crippen LogP contribution is -2.44. The predicted molar refractivity (Wildman–Crippen MR) is 109 cm³/mol. The number of nitrogens with two attached hydrogens (primary N) is 1. The van der Waals surface area contributed by atoms with Crippen LogP contribution >= 0.6 is 0 Å². The minimum atomic E-state index is -0.615. The third-order valence-electron chi connectivity index (χ3n) is 4.47. The molecule has 0 spiro atoms. The highest BCUT2D eigenvalue weighted by molar-refractivity contribution is 5.96. The van der Waals surface area contributed by atoms with E-state index in [9.17, 15) is 9.59 Å². The predicted octanol–water partition coefficient (Wildman–Crippen LogP) is 3.05. The van der Waals surface area contributed by atoms with E-state index in [0.29, 0.717) is 5.56 Å². The standard InChI is InChI=1S/C22H29N3O2/c1-14(2)18-11-10-15(3)12-19(18)22(27)24-13-20(25-21(26)16(4)23)17-8-6-5-7-9-17/h5-12,14,16,20H,13,23H2,1-4H3,(H,24,27)(H,25,26). The summed E-state index contributed by atoms with van der Waals surface area (Å²) < 4.78 is 0. The third kappa shape index (κ3) is 5.66. The number of hydrogen-bond donors (Lipinski definition) is 3. The van der Waals surface area contributed by atoms with Gasteiger partial charge in [-0.2, -0.15) is 0 Å². The van der Waals surface area contributed by atoms with Crippen LogP contribution in [0.2, 0.25) is 0 Å². The van der Waals surface area contributed by atoms with Crippen molar-refractivity contribution in [2.75, 3.05) is 6.54 Å². The number of carbonyl (C=O) groups is 2. The van der Waals surface area contributed by atoms with E-state index < -0.39 is 6.04 Å². The van der Waals surface area contributed by atoms with Crippen molar-refractivity contribution in [3.05, 3.63) is 70.8 Å². The molecule has 144 valence electrons. The molecule has 0 bridgehead atoms. The molecule has 0 saturated heterocycles. The van der Waals surface area contributed by atoms with Gasteiger partial charge in [-0.3, -0.25) is 9.59 Å². The van der Waals surface area contributed by atoms with Crippen LogP contribution in [0.15, 0.2) is 48.5 Å². The first-order chi connectivity index (χ1) is 12.8. The summed E-state index contributed by atoms with van der Waals surface area (Å²) in [5.41, 5.74) is 9.32. The third-order valence-corrected chi connectivity index (χ3v) is 4.47. The number of benzene rings is 2. The summed E-state index contributed by atoms with van der Waals surface area (Å²) in [6, 6.07) is 14.5. The summed E-state index contributed by atoms with van der Waals surface area (Å²) in [5, 5.41) is 5.88. The van der Waals surface area contributed by atoms with Crippen LogP contribution in [0.1, 0.15) is 59.8 Å². The van der Waals surface area contributed by atoms with Gasteiger partial charge in [0.15, 0.2) is 0 Å². The van der Waals surface area contributed by atoms with Gasteiger partial charge in [-0.05, 0) is 37.0 Å². The largest absolute Gasteiger partial charge is 0.350 e. The minimum Gasteiger partial charge on any atom is -0.350 e. The molecule has 2 atom stereocenters. The molecule has 0 saturated carbocycles. The Morgan fingerprint density at radius 1 is 1.04 bits per heavy atom. The van der Waals surface area contributed by atoms with Crippen molar-refractivity contribution in [2.24, 2.45) is 5.73 Å². The van der Waals surface area contributed by atoms with E-state index in [1.165, 1.54) is 0 Å². The second kappa shape index (κ2) is 9.33. The topological polar surface area (TPSA) is 84.2 Å². The first-order valence-corrected chi connectivity index (χ1v) is 9.29. The average molecular weight is 367 g/mol. The summed E-state index contributed by atoms with van der Waals surface area (Å²) in [4.78, 5) is 24.9. The zero-order chi connectivity index (χ0) is 20.0. The van der Waals surface area contributed by atoms with Gasteiger partial charge in [0, 0.05) is 12.1 Å². The molecule has 0 aliphatic rings. The highest BCUT2D eigenvalue weighted by Crippen LogP contribution is 2.21. The minimum absolute atomic E-state index is 0.140. The Kier molecular flexibility index (Phi) is 7.13. The van der Waals surface area contributed by atoms with Crippen LogP contribution in [0, 0.1) is 6.92 Å². The Morgan fingerprint density at radius 2 is 1.70 bits per heavy atom. The first-order valence-electron chi connectivity index (χ1n) is 9.29. The second-order valence-corrected chi connectivity index (χ2v) is 7.22. The van der Waals surface area contributed by atoms with Gasteiger partial charge in [-0.15, -0.1) is 0 Å². The summed E-state index contributed by atoms with van der Waals surface area (Å²) in [6.45, 7) is 8.02. The van der Waals surface area contributed by atoms with Crippen molar-refractivity contribution in [2.45, 2.75) is 45.7 Å². The summed E-state index contributed by atoms with van der Waals surface area (Å²) in [7, 11) is 0. The lowest BCUT2D eigenvalue weighted by atomic mass is 9.95. The van der Waals surface area contributed by atoms with Crippen LogP contribution < -0.4 is 16.4 Å². The quantitative estimate of drug-likeness (QED) is 0.703. The summed E-state index contributed by atoms with van der Waals surface area (Å²) >= 11 is 0. The van der Waals surface area contributed by atoms with Crippen LogP contribution in [0.3, 0.4) is 0 Å². The van der Waals surface area contributed by atoms with Gasteiger partial charge in [-0.1, -0.05) is 61.9 Å². The number of amides is 2. The molecule has 27 heavy (non-hydrogen) atoms. The Hall–Kier alpha value is -2.66. The van der Waals surface area contributed by atoms with E-state index in [-0.39, 0.29) is 30.3 Å². The zero-order valence-electron chi connectivity index (χ0n) is 16.5. The summed E-state index contributed by atoms with van der Waals surface area (Å²) in [6.07, 6.45) is 0. The highest BCUT2D eigenvalue weighted by Gasteiger charge is 2.19. The maximum absolute atomic E-state index is 12.8. The number of nitrogens with one attached hydrogen (secondary N) is 2. The fraction of sp³-hybridized carbons (Fsp3) is 0.364. The average Bonchev–Trinajstić information content (AvgIpc) is 2.64. The van der Waals surface area contributed by atoms with Crippen LogP contribution in [-0.2, 0) is 4.79 Å². The molecule has 0 aliphatic heterocycles. The molecular formula is C22H29N3O2. The number of aryl methyl sites for hydroxylation is 1. The number of rotatable bonds is 7. The van der Waals surface area contributed by atoms with Gasteiger partial charge in [0.25, 0.3) is 5.91 Å². The van der Waals surface area contributed by atoms with E-state index in [1.807, 2.05) is 55.5 Å². The smallest absolute Gasteiger partial charge is 0.251 e. The molecule has 2 rings (SSSR count). The Bertz CT molecular complexity index is 785. The van der Waals surface area contributed by atoms with Gasteiger partial charge in [0.1, 0.15) is 0 Å². The van der Waals surface area contributed by atoms with Gasteiger partial charge in [0.05, 0.1) is 12.1 Å². The molecule has 2 unspecified atom stereocenters. The molecule has 2 aromatic rings. The SMILES string of the molecule is Cc1ccc(C(C)C)c(C(=O)NCC(NC(=O)C(C)N)c2ccccc2)c1. The summed E-state index contributed by atoms with van der Waals surface area (Å²) in [5.74, 6) is -0.149. The fourth-order valence-electron chi connectivity index (χ4n) is 2.90. The van der Waals surface area contributed by atoms with E-state index in [4.69, 9.17) is 5.73 Å². The van der Waals surface area contributed by atoms with Crippen molar-refractivity contribution in [3.8, 4) is 0 Å². The molecule has 0 aliphatic carbocycles. The van der Waals surface area contributed by atoms with E-state index in [0.717, 1.165) is 16.7 Å². The first kappa shape index (κ1) is 20.6. The van der Waals surface area contributed by atoms with Crippen molar-refractivity contribution >= 4 is 11.8 Å². The molecular weight excluding hydrogens is 338 g/mol. The normalized spacial score (nSPS) is 13.1. The molecule has 0 fully saturated rings. The monoisotopic (exact) mass is 367 g/mol. The maximum atomic E-state index is 12.8. The molecule has 2 aromatic carbocycles. The molecule has 0 heterocycles. The maximum Gasteiger partial charge on any atom is 0.251 e. The molecule has 0 radical (unpaired) electrons. The highest BCUT2D eigenvalue weighted by atomic mass is 16.2. The van der Waals surface area contributed by atoms with Gasteiger partial charge >= 0.3 is 0 Å². The Labute approximate surface area is 161 Å².